The number of fused-ring (bicyclic) bond motifs is 1. The zero-order valence-corrected chi connectivity index (χ0v) is 19.3. The Balaban J connectivity index is 1.42. The predicted molar refractivity (Wildman–Crippen MR) is 125 cm³/mol. The number of rotatable bonds is 3. The highest BCUT2D eigenvalue weighted by Gasteiger charge is 2.34. The quantitative estimate of drug-likeness (QED) is 0.575. The fraction of sp³-hybridized carbons (Fsp3) is 0.346. The van der Waals surface area contributed by atoms with Crippen LogP contribution in [0, 0.1) is 11.3 Å². The Bertz CT molecular complexity index is 1220. The predicted octanol–water partition coefficient (Wildman–Crippen LogP) is 4.39. The van der Waals surface area contributed by atoms with Crippen molar-refractivity contribution in [1.29, 1.82) is 5.26 Å². The largest absolute Gasteiger partial charge is 0.463 e. The lowest BCUT2D eigenvalue weighted by molar-refractivity contribution is -0.0400. The maximum absolute atomic E-state index is 12.6. The number of pyridine rings is 1. The number of anilines is 1. The van der Waals surface area contributed by atoms with Gasteiger partial charge in [0.1, 0.15) is 23.3 Å². The molecule has 2 aromatic heterocycles. The minimum atomic E-state index is -0.377. The maximum atomic E-state index is 12.6. The summed E-state index contributed by atoms with van der Waals surface area (Å²) in [5, 5.41) is 10.1. The van der Waals surface area contributed by atoms with Crippen molar-refractivity contribution in [2.24, 2.45) is 0 Å². The zero-order chi connectivity index (χ0) is 23.7. The first-order valence-electron chi connectivity index (χ1n) is 11.4. The van der Waals surface area contributed by atoms with Crippen LogP contribution in [0.4, 0.5) is 10.6 Å². The number of nitrogens with zero attached hydrogens (tertiary/aromatic N) is 4. The van der Waals surface area contributed by atoms with E-state index in [0.717, 1.165) is 11.1 Å². The molecule has 174 valence electrons. The summed E-state index contributed by atoms with van der Waals surface area (Å²) < 4.78 is 17.2. The lowest BCUT2D eigenvalue weighted by Crippen LogP contribution is -2.50. The van der Waals surface area contributed by atoms with Crippen LogP contribution in [0.3, 0.4) is 0 Å². The lowest BCUT2D eigenvalue weighted by atomic mass is 9.87. The highest BCUT2D eigenvalue weighted by Crippen LogP contribution is 2.39. The van der Waals surface area contributed by atoms with Crippen molar-refractivity contribution < 1.29 is 18.7 Å². The van der Waals surface area contributed by atoms with Crippen LogP contribution in [-0.2, 0) is 17.8 Å². The Morgan fingerprint density at radius 3 is 2.53 bits per heavy atom. The number of ether oxygens (including phenoxy) is 2. The molecule has 1 fully saturated rings. The second-order valence-electron chi connectivity index (χ2n) is 9.09. The van der Waals surface area contributed by atoms with E-state index in [1.165, 1.54) is 0 Å². The normalized spacial score (nSPS) is 17.1. The highest BCUT2D eigenvalue weighted by atomic mass is 16.6. The Hall–Kier alpha value is -3.83. The van der Waals surface area contributed by atoms with Gasteiger partial charge < -0.3 is 23.7 Å². The van der Waals surface area contributed by atoms with Crippen molar-refractivity contribution in [1.82, 2.24) is 9.88 Å². The minimum Gasteiger partial charge on any atom is -0.463 e. The molecule has 0 radical (unpaired) electrons. The molecule has 3 aromatic rings. The summed E-state index contributed by atoms with van der Waals surface area (Å²) in [5.41, 5.74) is 2.76. The van der Waals surface area contributed by atoms with Crippen LogP contribution in [0.1, 0.15) is 30.5 Å². The summed E-state index contributed by atoms with van der Waals surface area (Å²) in [6.45, 7) is 6.46. The van der Waals surface area contributed by atoms with Crippen molar-refractivity contribution in [3.8, 4) is 23.3 Å². The van der Waals surface area contributed by atoms with E-state index in [9.17, 15) is 10.1 Å². The number of benzene rings is 1. The average Bonchev–Trinajstić information content (AvgIpc) is 3.38. The van der Waals surface area contributed by atoms with Gasteiger partial charge in [-0.25, -0.2) is 9.78 Å². The van der Waals surface area contributed by atoms with Gasteiger partial charge in [0, 0.05) is 38.2 Å². The number of carbonyl (C=O) groups is 1. The van der Waals surface area contributed by atoms with Crippen LogP contribution in [0.25, 0.3) is 11.5 Å². The van der Waals surface area contributed by atoms with Crippen molar-refractivity contribution in [2.45, 2.75) is 32.5 Å². The van der Waals surface area contributed by atoms with E-state index < -0.39 is 0 Å². The molecule has 8 nitrogen and oxygen atoms in total. The van der Waals surface area contributed by atoms with Gasteiger partial charge in [0.25, 0.3) is 0 Å². The van der Waals surface area contributed by atoms with Gasteiger partial charge in [-0.1, -0.05) is 18.2 Å². The van der Waals surface area contributed by atoms with Crippen LogP contribution in [0.2, 0.25) is 0 Å². The van der Waals surface area contributed by atoms with Gasteiger partial charge in [0.05, 0.1) is 24.0 Å². The molecule has 1 aromatic carbocycles. The van der Waals surface area contributed by atoms with Crippen LogP contribution in [0.15, 0.2) is 53.1 Å². The monoisotopic (exact) mass is 458 g/mol. The molecule has 2 aliphatic heterocycles. The molecule has 0 unspecified atom stereocenters. The van der Waals surface area contributed by atoms with Gasteiger partial charge in [-0.05, 0) is 43.7 Å². The Kier molecular flexibility index (Phi) is 5.72. The smallest absolute Gasteiger partial charge is 0.415 e. The minimum absolute atomic E-state index is 0.374. The van der Waals surface area contributed by atoms with Gasteiger partial charge in [0.2, 0.25) is 0 Å². The molecule has 8 heteroatoms. The molecule has 0 bridgehead atoms. The van der Waals surface area contributed by atoms with E-state index in [2.05, 4.69) is 11.0 Å². The lowest BCUT2D eigenvalue weighted by Gasteiger charge is -2.37. The molecule has 0 atom stereocenters. The molecule has 0 aliphatic carbocycles. The van der Waals surface area contributed by atoms with E-state index in [4.69, 9.17) is 18.9 Å². The number of aromatic nitrogens is 1. The Morgan fingerprint density at radius 1 is 1.09 bits per heavy atom. The maximum Gasteiger partial charge on any atom is 0.415 e. The first-order valence-corrected chi connectivity index (χ1v) is 11.4. The van der Waals surface area contributed by atoms with Crippen LogP contribution in [-0.4, -0.2) is 47.8 Å². The molecule has 2 aliphatic rings. The van der Waals surface area contributed by atoms with E-state index in [-0.39, 0.29) is 11.7 Å². The van der Waals surface area contributed by atoms with Crippen molar-refractivity contribution >= 4 is 11.9 Å². The van der Waals surface area contributed by atoms with Crippen molar-refractivity contribution in [2.75, 3.05) is 31.1 Å². The molecule has 1 saturated heterocycles. The Labute approximate surface area is 198 Å². The van der Waals surface area contributed by atoms with Gasteiger partial charge in [-0.3, -0.25) is 0 Å². The summed E-state index contributed by atoms with van der Waals surface area (Å²) in [5.74, 6) is 1.79. The van der Waals surface area contributed by atoms with Crippen LogP contribution < -0.4 is 9.64 Å². The van der Waals surface area contributed by atoms with Crippen molar-refractivity contribution in [3.05, 3.63) is 65.4 Å². The molecular weight excluding hydrogens is 432 g/mol. The summed E-state index contributed by atoms with van der Waals surface area (Å²) in [4.78, 5) is 21.2. The number of furan rings is 1. The number of amides is 1. The number of hydrogen-bond acceptors (Lipinski definition) is 7. The van der Waals surface area contributed by atoms with E-state index in [1.807, 2.05) is 44.2 Å². The fourth-order valence-electron chi connectivity index (χ4n) is 4.47. The van der Waals surface area contributed by atoms with E-state index >= 15 is 0 Å². The second kappa shape index (κ2) is 8.84. The molecule has 0 spiro atoms. The molecule has 4 heterocycles. The van der Waals surface area contributed by atoms with Crippen LogP contribution >= 0.6 is 0 Å². The molecule has 1 amide bonds. The number of nitriles is 1. The summed E-state index contributed by atoms with van der Waals surface area (Å²) in [7, 11) is 0. The van der Waals surface area contributed by atoms with Crippen LogP contribution in [0.5, 0.6) is 5.75 Å². The summed E-state index contributed by atoms with van der Waals surface area (Å²) >= 11 is 0. The number of piperazine rings is 1. The van der Waals surface area contributed by atoms with Crippen molar-refractivity contribution in [3.63, 3.8) is 0 Å². The fourth-order valence-corrected chi connectivity index (χ4v) is 4.47. The third kappa shape index (κ3) is 4.22. The highest BCUT2D eigenvalue weighted by molar-refractivity contribution is 5.72. The number of carbonyl (C=O) groups excluding carboxylic acids is 1. The number of para-hydroxylation sites is 1. The molecule has 0 N–H and O–H groups in total. The Morgan fingerprint density at radius 2 is 1.85 bits per heavy atom. The third-order valence-corrected chi connectivity index (χ3v) is 6.26. The summed E-state index contributed by atoms with van der Waals surface area (Å²) in [6, 6.07) is 15.1. The second-order valence-corrected chi connectivity index (χ2v) is 9.09. The van der Waals surface area contributed by atoms with Gasteiger partial charge >= 0.3 is 6.09 Å². The molecular formula is C26H26N4O4. The molecule has 0 saturated carbocycles. The van der Waals surface area contributed by atoms with E-state index in [1.54, 1.807) is 23.3 Å². The number of hydrogen-bond donors (Lipinski definition) is 0. The standard InChI is InChI=1S/C26H26N4O4/c1-26(2)15-19-20(16-27)24(28-23(21(19)17-33-26)22-9-6-14-32-22)29-10-12-30(13-11-29)25(31)34-18-7-4-3-5-8-18/h3-9,14H,10-13,15,17H2,1-2H3. The van der Waals surface area contributed by atoms with Gasteiger partial charge in [-0.2, -0.15) is 5.26 Å². The van der Waals surface area contributed by atoms with Gasteiger partial charge in [-0.15, -0.1) is 0 Å². The molecule has 5 rings (SSSR count). The average molecular weight is 459 g/mol. The first kappa shape index (κ1) is 22.0. The SMILES string of the molecule is CC1(C)Cc2c(C#N)c(N3CCN(C(=O)Oc4ccccc4)CC3)nc(-c3ccco3)c2CO1. The van der Waals surface area contributed by atoms with E-state index in [0.29, 0.717) is 67.8 Å². The third-order valence-electron chi connectivity index (χ3n) is 6.26. The zero-order valence-electron chi connectivity index (χ0n) is 19.3. The first-order chi connectivity index (χ1) is 16.4. The summed E-state index contributed by atoms with van der Waals surface area (Å²) in [6.07, 6.45) is 1.85. The topological polar surface area (TPSA) is 91.8 Å². The molecule has 34 heavy (non-hydrogen) atoms. The van der Waals surface area contributed by atoms with Gasteiger partial charge in [0.15, 0.2) is 5.76 Å².